The third kappa shape index (κ3) is 3.25. The van der Waals surface area contributed by atoms with E-state index in [1.54, 1.807) is 35.7 Å². The molecule has 1 amide bonds. The number of hydrogen-bond acceptors (Lipinski definition) is 9. The van der Waals surface area contributed by atoms with Gasteiger partial charge in [0, 0.05) is 28.3 Å². The number of nitriles is 1. The number of thioether (sulfide) groups is 1. The predicted octanol–water partition coefficient (Wildman–Crippen LogP) is 4.66. The summed E-state index contributed by atoms with van der Waals surface area (Å²) in [6, 6.07) is 5.58. The number of hydrogen-bond donors (Lipinski definition) is 2. The van der Waals surface area contributed by atoms with Gasteiger partial charge in [0.15, 0.2) is 10.1 Å². The first-order valence-electron chi connectivity index (χ1n) is 11.1. The van der Waals surface area contributed by atoms with Crippen LogP contribution in [0.25, 0.3) is 0 Å². The van der Waals surface area contributed by atoms with Crippen LogP contribution in [0.5, 0.6) is 0 Å². The maximum absolute atomic E-state index is 13.9. The van der Waals surface area contributed by atoms with Gasteiger partial charge >= 0.3 is 0 Å². The summed E-state index contributed by atoms with van der Waals surface area (Å²) < 4.78 is 0.756. The lowest BCUT2D eigenvalue weighted by molar-refractivity contribution is -0.123. The standard InChI is InChI=1S/C24H23ClN6O2S2/c1-5-34-22-30-29-21(35-22)31-15-8-23(3,4)9-16(32)17(15)24(13(10-26)19(31)27)12-6-7-14(25)11(2)18(12)28-20(24)33/h6-7H,5,8-9,27H2,1-4H3,(H,28,33)/t24-/m0/s1. The number of aromatic nitrogens is 2. The van der Waals surface area contributed by atoms with Crippen LogP contribution in [0, 0.1) is 23.7 Å². The number of anilines is 2. The van der Waals surface area contributed by atoms with E-state index in [4.69, 9.17) is 17.3 Å². The molecule has 0 unspecified atom stereocenters. The predicted molar refractivity (Wildman–Crippen MR) is 137 cm³/mol. The molecule has 1 aliphatic carbocycles. The number of allylic oxidation sites excluding steroid dienone is 1. The van der Waals surface area contributed by atoms with Gasteiger partial charge in [0.1, 0.15) is 17.3 Å². The highest BCUT2D eigenvalue weighted by Gasteiger charge is 2.61. The van der Waals surface area contributed by atoms with Crippen molar-refractivity contribution in [3.05, 3.63) is 50.9 Å². The Morgan fingerprint density at radius 2 is 2.06 bits per heavy atom. The van der Waals surface area contributed by atoms with Crippen molar-refractivity contribution in [2.45, 2.75) is 50.3 Å². The number of amides is 1. The van der Waals surface area contributed by atoms with Crippen LogP contribution in [0.2, 0.25) is 5.02 Å². The van der Waals surface area contributed by atoms with Crippen molar-refractivity contribution in [3.8, 4) is 6.07 Å². The number of fused-ring (bicyclic) bond motifs is 3. The van der Waals surface area contributed by atoms with Crippen molar-refractivity contribution in [1.82, 2.24) is 10.2 Å². The minimum atomic E-state index is -1.64. The minimum Gasteiger partial charge on any atom is -0.384 e. The molecule has 0 radical (unpaired) electrons. The van der Waals surface area contributed by atoms with Gasteiger partial charge in [-0.1, -0.05) is 61.5 Å². The van der Waals surface area contributed by atoms with Crippen molar-refractivity contribution in [3.63, 3.8) is 0 Å². The van der Waals surface area contributed by atoms with Crippen molar-refractivity contribution in [2.75, 3.05) is 16.0 Å². The van der Waals surface area contributed by atoms with Crippen LogP contribution < -0.4 is 16.0 Å². The van der Waals surface area contributed by atoms with Crippen LogP contribution in [-0.2, 0) is 15.0 Å². The lowest BCUT2D eigenvalue weighted by Gasteiger charge is -2.45. The summed E-state index contributed by atoms with van der Waals surface area (Å²) in [6.45, 7) is 7.82. The quantitative estimate of drug-likeness (QED) is 0.553. The van der Waals surface area contributed by atoms with Crippen molar-refractivity contribution in [2.24, 2.45) is 11.1 Å². The Kier molecular flexibility index (Phi) is 5.51. The number of halogens is 1. The van der Waals surface area contributed by atoms with Crippen LogP contribution in [0.4, 0.5) is 10.8 Å². The fourth-order valence-corrected chi connectivity index (χ4v) is 7.23. The zero-order valence-corrected chi connectivity index (χ0v) is 22.0. The third-order valence-corrected chi connectivity index (χ3v) is 9.05. The van der Waals surface area contributed by atoms with Gasteiger partial charge in [-0.3, -0.25) is 14.5 Å². The fourth-order valence-electron chi connectivity index (χ4n) is 5.30. The Morgan fingerprint density at radius 1 is 1.31 bits per heavy atom. The van der Waals surface area contributed by atoms with E-state index in [0.717, 1.165) is 10.1 Å². The molecule has 1 atom stereocenters. The molecule has 2 aromatic rings. The molecule has 1 aromatic carbocycles. The normalized spacial score (nSPS) is 22.9. The molecule has 3 N–H and O–H groups in total. The average molecular weight is 527 g/mol. The van der Waals surface area contributed by atoms with E-state index in [0.29, 0.717) is 39.1 Å². The number of benzene rings is 1. The fraction of sp³-hybridized carbons (Fsp3) is 0.375. The molecule has 0 fully saturated rings. The highest BCUT2D eigenvalue weighted by atomic mass is 35.5. The monoisotopic (exact) mass is 526 g/mol. The summed E-state index contributed by atoms with van der Waals surface area (Å²) in [5, 5.41) is 22.8. The SMILES string of the molecule is CCSc1nnc(N2C(N)=C(C#N)[C@]3(C(=O)Nc4c3ccc(Cl)c4C)C3=C2CC(C)(C)CC3=O)s1. The summed E-state index contributed by atoms with van der Waals surface area (Å²) >= 11 is 9.23. The second kappa shape index (κ2) is 8.08. The maximum Gasteiger partial charge on any atom is 0.245 e. The molecule has 0 bridgehead atoms. The number of Topliss-reactive ketones (excluding diaryl/α,β-unsaturated/α-hetero) is 1. The highest BCUT2D eigenvalue weighted by molar-refractivity contribution is 8.01. The second-order valence-corrected chi connectivity index (χ2v) is 12.4. The molecule has 1 spiro atoms. The lowest BCUT2D eigenvalue weighted by Crippen LogP contribution is -2.52. The smallest absolute Gasteiger partial charge is 0.245 e. The van der Waals surface area contributed by atoms with E-state index < -0.39 is 11.3 Å². The Labute approximate surface area is 216 Å². The molecular weight excluding hydrogens is 504 g/mol. The first kappa shape index (κ1) is 23.9. The van der Waals surface area contributed by atoms with Crippen molar-refractivity contribution >= 4 is 57.2 Å². The third-order valence-electron chi connectivity index (χ3n) is 6.72. The zero-order valence-electron chi connectivity index (χ0n) is 19.7. The van der Waals surface area contributed by atoms with E-state index in [1.807, 2.05) is 20.8 Å². The number of nitrogens with two attached hydrogens (primary N) is 1. The average Bonchev–Trinajstić information content (AvgIpc) is 3.34. The lowest BCUT2D eigenvalue weighted by atomic mass is 9.61. The molecule has 35 heavy (non-hydrogen) atoms. The van der Waals surface area contributed by atoms with E-state index in [1.165, 1.54) is 11.3 Å². The topological polar surface area (TPSA) is 125 Å². The number of nitrogens with one attached hydrogen (secondary N) is 1. The molecule has 2 aliphatic heterocycles. The van der Waals surface area contributed by atoms with E-state index in [-0.39, 0.29) is 34.6 Å². The highest BCUT2D eigenvalue weighted by Crippen LogP contribution is 2.58. The molecule has 3 heterocycles. The molecule has 180 valence electrons. The summed E-state index contributed by atoms with van der Waals surface area (Å²) in [5.74, 6) is 0.239. The van der Waals surface area contributed by atoms with E-state index >= 15 is 0 Å². The van der Waals surface area contributed by atoms with Gasteiger partial charge < -0.3 is 11.1 Å². The number of carbonyl (C=O) groups is 2. The summed E-state index contributed by atoms with van der Waals surface area (Å²) in [7, 11) is 0. The van der Waals surface area contributed by atoms with Crippen LogP contribution in [0.3, 0.4) is 0 Å². The van der Waals surface area contributed by atoms with Crippen molar-refractivity contribution in [1.29, 1.82) is 5.26 Å². The molecule has 3 aliphatic rings. The minimum absolute atomic E-state index is 0.00201. The van der Waals surface area contributed by atoms with E-state index in [2.05, 4.69) is 21.6 Å². The number of rotatable bonds is 3. The summed E-state index contributed by atoms with van der Waals surface area (Å²) in [6.07, 6.45) is 0.711. The first-order chi connectivity index (χ1) is 16.6. The first-order valence-corrected chi connectivity index (χ1v) is 13.3. The molecular formula is C24H23ClN6O2S2. The largest absolute Gasteiger partial charge is 0.384 e. The van der Waals surface area contributed by atoms with Gasteiger partial charge in [-0.25, -0.2) is 0 Å². The van der Waals surface area contributed by atoms with Gasteiger partial charge in [-0.15, -0.1) is 10.2 Å². The molecule has 1 aromatic heterocycles. The molecule has 5 rings (SSSR count). The van der Waals surface area contributed by atoms with Gasteiger partial charge in [-0.05, 0) is 36.1 Å². The van der Waals surface area contributed by atoms with E-state index in [9.17, 15) is 14.9 Å². The number of ketones is 1. The van der Waals surface area contributed by atoms with Gasteiger partial charge in [0.25, 0.3) is 0 Å². The van der Waals surface area contributed by atoms with Crippen LogP contribution in [-0.4, -0.2) is 27.6 Å². The van der Waals surface area contributed by atoms with Crippen LogP contribution >= 0.6 is 34.7 Å². The zero-order chi connectivity index (χ0) is 25.3. The Balaban J connectivity index is 1.86. The second-order valence-electron chi connectivity index (χ2n) is 9.55. The van der Waals surface area contributed by atoms with Crippen LogP contribution in [0.15, 0.2) is 39.1 Å². The Hall–Kier alpha value is -2.87. The van der Waals surface area contributed by atoms with Crippen LogP contribution in [0.1, 0.15) is 44.7 Å². The summed E-state index contributed by atoms with van der Waals surface area (Å²) in [4.78, 5) is 29.4. The summed E-state index contributed by atoms with van der Waals surface area (Å²) in [5.41, 5.74) is 7.24. The van der Waals surface area contributed by atoms with Crippen molar-refractivity contribution < 1.29 is 9.59 Å². The van der Waals surface area contributed by atoms with Gasteiger partial charge in [0.2, 0.25) is 11.0 Å². The molecule has 0 saturated heterocycles. The number of nitrogens with zero attached hydrogens (tertiary/aromatic N) is 4. The Morgan fingerprint density at radius 3 is 2.74 bits per heavy atom. The number of carbonyl (C=O) groups excluding carboxylic acids is 2. The molecule has 8 nitrogen and oxygen atoms in total. The Bertz CT molecular complexity index is 1420. The maximum atomic E-state index is 13.9. The molecule has 11 heteroatoms. The van der Waals surface area contributed by atoms with Gasteiger partial charge in [-0.2, -0.15) is 5.26 Å². The molecule has 0 saturated carbocycles. The van der Waals surface area contributed by atoms with Gasteiger partial charge in [0.05, 0.1) is 11.3 Å².